The van der Waals surface area contributed by atoms with Gasteiger partial charge in [0.2, 0.25) is 0 Å². The van der Waals surface area contributed by atoms with Crippen LogP contribution in [0.3, 0.4) is 0 Å². The van der Waals surface area contributed by atoms with E-state index in [9.17, 15) is 9.46 Å². The Labute approximate surface area is 80.3 Å². The third kappa shape index (κ3) is 8.86. The van der Waals surface area contributed by atoms with E-state index >= 15 is 0 Å². The molecule has 1 N–H and O–H groups in total. The summed E-state index contributed by atoms with van der Waals surface area (Å²) in [7, 11) is -3.84. The Morgan fingerprint density at radius 2 is 1.77 bits per heavy atom. The van der Waals surface area contributed by atoms with E-state index in [4.69, 9.17) is 8.83 Å². The van der Waals surface area contributed by atoms with E-state index in [-0.39, 0.29) is 6.61 Å². The summed E-state index contributed by atoms with van der Waals surface area (Å²) in [5.41, 5.74) is 0. The third-order valence-corrected chi connectivity index (χ3v) is 4.84. The van der Waals surface area contributed by atoms with Crippen molar-refractivity contribution in [3.63, 3.8) is 0 Å². The fourth-order valence-electron chi connectivity index (χ4n) is 0.643. The maximum atomic E-state index is 11.3. The van der Waals surface area contributed by atoms with Gasteiger partial charge in [0.25, 0.3) is 0 Å². The van der Waals surface area contributed by atoms with Crippen LogP contribution in [0.4, 0.5) is 0 Å². The van der Waals surface area contributed by atoms with Crippen LogP contribution in [0.15, 0.2) is 0 Å². The molecule has 0 saturated heterocycles. The van der Waals surface area contributed by atoms with Crippen molar-refractivity contribution in [3.05, 3.63) is 0 Å². The van der Waals surface area contributed by atoms with Gasteiger partial charge in [0, 0.05) is 0 Å². The van der Waals surface area contributed by atoms with E-state index in [0.717, 1.165) is 0 Å². The number of hydrogen-bond donors (Lipinski definition) is 1. The fraction of sp³-hybridized carbons (Fsp3) is 1.00. The molecule has 6 heteroatoms. The second-order valence-electron chi connectivity index (χ2n) is 4.80. The van der Waals surface area contributed by atoms with Crippen molar-refractivity contribution in [2.45, 2.75) is 13.3 Å². The molecule has 0 aliphatic heterocycles. The molecule has 0 aromatic carbocycles. The normalized spacial score (nSPS) is 20.3. The molecule has 1 unspecified atom stereocenters. The summed E-state index contributed by atoms with van der Waals surface area (Å²) in [6.45, 7) is 7.09. The average Bonchev–Trinajstić information content (AvgIpc) is 1.76. The van der Waals surface area contributed by atoms with Gasteiger partial charge in [0.05, 0.1) is 0 Å². The fourth-order valence-corrected chi connectivity index (χ4v) is 4.55. The zero-order valence-corrected chi connectivity index (χ0v) is 10.8. The van der Waals surface area contributed by atoms with Crippen molar-refractivity contribution < 1.29 is 18.3 Å². The molecular weight excluding hydrogens is 210 g/mol. The molecule has 0 rings (SSSR count). The summed E-state index contributed by atoms with van der Waals surface area (Å²) < 4.78 is 21.2. The number of phosphoric acid groups is 1. The Balaban J connectivity index is 4.27. The van der Waals surface area contributed by atoms with Crippen molar-refractivity contribution >= 4 is 14.7 Å². The monoisotopic (exact) mass is 230 g/mol. The van der Waals surface area contributed by atoms with Gasteiger partial charge in [0.15, 0.2) is 0 Å². The first-order valence-electron chi connectivity index (χ1n) is 4.21. The van der Waals surface area contributed by atoms with Crippen molar-refractivity contribution in [3.8, 4) is 0 Å². The van der Waals surface area contributed by atoms with Crippen LogP contribution in [0.5, 0.6) is 0 Å². The molecule has 4 nitrogen and oxygen atoms in total. The number of hydrogen-bond acceptors (Lipinski definition) is 3. The number of rotatable bonds is 5. The van der Waals surface area contributed by atoms with Crippen molar-refractivity contribution in [2.75, 3.05) is 33.3 Å². The first kappa shape index (κ1) is 13.5. The van der Waals surface area contributed by atoms with Crippen LogP contribution in [-0.2, 0) is 13.4 Å². The Morgan fingerprint density at radius 1 is 1.31 bits per heavy atom. The molecule has 0 spiro atoms. The second kappa shape index (κ2) is 3.96. The summed E-state index contributed by atoms with van der Waals surface area (Å²) in [4.78, 5) is 9.29. The van der Waals surface area contributed by atoms with E-state index in [1.54, 1.807) is 0 Å². The molecule has 1 atom stereocenters. The zero-order valence-electron chi connectivity index (χ0n) is 8.98. The minimum atomic E-state index is -3.84. The van der Waals surface area contributed by atoms with Gasteiger partial charge < -0.3 is 0 Å². The predicted octanol–water partition coefficient (Wildman–Crippen LogP) is 2.52. The first-order chi connectivity index (χ1) is 5.52. The molecule has 0 saturated carbocycles. The first-order valence-corrected chi connectivity index (χ1v) is 9.65. The van der Waals surface area contributed by atoms with Crippen LogP contribution in [0.1, 0.15) is 13.3 Å². The van der Waals surface area contributed by atoms with Crippen molar-refractivity contribution in [1.82, 2.24) is 0 Å². The second-order valence-corrected chi connectivity index (χ2v) is 13.5. The van der Waals surface area contributed by atoms with Gasteiger partial charge in [-0.3, -0.25) is 0 Å². The summed E-state index contributed by atoms with van der Waals surface area (Å²) in [6.07, 6.45) is 0.699. The van der Waals surface area contributed by atoms with Gasteiger partial charge in [0.1, 0.15) is 0 Å². The van der Waals surface area contributed by atoms with Crippen LogP contribution in [-0.4, -0.2) is 38.2 Å². The summed E-state index contributed by atoms with van der Waals surface area (Å²) in [5.74, 6) is 0. The molecule has 82 valence electrons. The van der Waals surface area contributed by atoms with Crippen LogP contribution in [0.2, 0.25) is 0 Å². The van der Waals surface area contributed by atoms with Crippen molar-refractivity contribution in [1.29, 1.82) is 0 Å². The Kier molecular flexibility index (Phi) is 4.12. The van der Waals surface area contributed by atoms with E-state index in [0.29, 0.717) is 6.42 Å². The summed E-state index contributed by atoms with van der Waals surface area (Å²) in [5, 5.41) is 0. The SMILES string of the molecule is CCCOP(=O)(O)OP(C)(C)(C)C. The summed E-state index contributed by atoms with van der Waals surface area (Å²) >= 11 is 0. The van der Waals surface area contributed by atoms with Gasteiger partial charge in [-0.05, 0) is 0 Å². The van der Waals surface area contributed by atoms with E-state index in [2.05, 4.69) is 0 Å². The quantitative estimate of drug-likeness (QED) is 0.737. The van der Waals surface area contributed by atoms with Crippen LogP contribution in [0, 0.1) is 0 Å². The van der Waals surface area contributed by atoms with Crippen LogP contribution >= 0.6 is 14.7 Å². The molecule has 0 radical (unpaired) electrons. The molecule has 0 aliphatic carbocycles. The Bertz CT molecular complexity index is 209. The predicted molar refractivity (Wildman–Crippen MR) is 57.8 cm³/mol. The molecule has 0 aliphatic rings. The molecule has 13 heavy (non-hydrogen) atoms. The summed E-state index contributed by atoms with van der Waals surface area (Å²) in [6, 6.07) is 0. The zero-order chi connectivity index (χ0) is 10.8. The minimum absolute atomic E-state index is 0.250. The maximum absolute atomic E-state index is 11.3. The third-order valence-electron chi connectivity index (χ3n) is 0.888. The topological polar surface area (TPSA) is 55.8 Å². The standard InChI is InChI=1S/C7H20O4P2/c1-6-7-10-12(8,9)11-13(2,3,4)5/h6-7H2,1-5H3,(H,8,9). The Morgan fingerprint density at radius 3 is 2.08 bits per heavy atom. The average molecular weight is 230 g/mol. The molecule has 0 bridgehead atoms. The van der Waals surface area contributed by atoms with Crippen molar-refractivity contribution in [2.24, 2.45) is 0 Å². The number of phosphoric ester groups is 1. The van der Waals surface area contributed by atoms with Gasteiger partial charge in [-0.25, -0.2) is 0 Å². The van der Waals surface area contributed by atoms with Gasteiger partial charge in [-0.2, -0.15) is 0 Å². The molecule has 0 fully saturated rings. The molecular formula is C7H20O4P2. The van der Waals surface area contributed by atoms with E-state index in [1.807, 2.05) is 33.6 Å². The molecule has 0 amide bonds. The van der Waals surface area contributed by atoms with E-state index in [1.165, 1.54) is 0 Å². The Hall–Kier alpha value is 0.540. The van der Waals surface area contributed by atoms with Gasteiger partial charge in [-0.1, -0.05) is 0 Å². The van der Waals surface area contributed by atoms with E-state index < -0.39 is 14.7 Å². The van der Waals surface area contributed by atoms with Crippen LogP contribution < -0.4 is 0 Å². The van der Waals surface area contributed by atoms with Crippen LogP contribution in [0.25, 0.3) is 0 Å². The molecule has 0 heterocycles. The van der Waals surface area contributed by atoms with Gasteiger partial charge >= 0.3 is 79.6 Å². The molecule has 0 aromatic heterocycles. The van der Waals surface area contributed by atoms with Gasteiger partial charge in [-0.15, -0.1) is 0 Å². The molecule has 0 aromatic rings.